The molecule has 0 saturated carbocycles. The fourth-order valence-electron chi connectivity index (χ4n) is 2.34. The molecule has 0 radical (unpaired) electrons. The Morgan fingerprint density at radius 2 is 2.05 bits per heavy atom. The van der Waals surface area contributed by atoms with E-state index < -0.39 is 6.36 Å². The SMILES string of the molecule is C[C@H]1[C@@H](c2cccc(OC(F)(F)F)c2)CC(=O)N1C. The van der Waals surface area contributed by atoms with E-state index in [-0.39, 0.29) is 23.6 Å². The summed E-state index contributed by atoms with van der Waals surface area (Å²) in [5.41, 5.74) is 0.687. The molecule has 1 saturated heterocycles. The Bertz CT molecular complexity index is 487. The standard InChI is InChI=1S/C13H14F3NO2/c1-8-11(7-12(18)17(8)2)9-4-3-5-10(6-9)19-13(14,15)16/h3-6,8,11H,7H2,1-2H3/t8-,11-/m0/s1. The van der Waals surface area contributed by atoms with Gasteiger partial charge in [0.1, 0.15) is 5.75 Å². The molecule has 0 unspecified atom stereocenters. The van der Waals surface area contributed by atoms with Crippen LogP contribution in [0.5, 0.6) is 5.75 Å². The van der Waals surface area contributed by atoms with Crippen LogP contribution in [-0.4, -0.2) is 30.3 Å². The first-order valence-electron chi connectivity index (χ1n) is 5.89. The van der Waals surface area contributed by atoms with Crippen molar-refractivity contribution >= 4 is 5.91 Å². The van der Waals surface area contributed by atoms with Crippen LogP contribution in [0.3, 0.4) is 0 Å². The highest BCUT2D eigenvalue weighted by molar-refractivity contribution is 5.80. The van der Waals surface area contributed by atoms with Crippen LogP contribution in [0.1, 0.15) is 24.8 Å². The van der Waals surface area contributed by atoms with Gasteiger partial charge in [-0.2, -0.15) is 0 Å². The van der Waals surface area contributed by atoms with Gasteiger partial charge in [-0.15, -0.1) is 13.2 Å². The fourth-order valence-corrected chi connectivity index (χ4v) is 2.34. The number of carbonyl (C=O) groups excluding carboxylic acids is 1. The van der Waals surface area contributed by atoms with Gasteiger partial charge in [0.15, 0.2) is 0 Å². The van der Waals surface area contributed by atoms with E-state index in [4.69, 9.17) is 0 Å². The van der Waals surface area contributed by atoms with Crippen molar-refractivity contribution in [2.24, 2.45) is 0 Å². The maximum atomic E-state index is 12.2. The summed E-state index contributed by atoms with van der Waals surface area (Å²) in [6.45, 7) is 1.88. The van der Waals surface area contributed by atoms with Gasteiger partial charge in [0.05, 0.1) is 0 Å². The molecule has 104 valence electrons. The first-order chi connectivity index (χ1) is 8.78. The molecule has 1 fully saturated rings. The topological polar surface area (TPSA) is 29.5 Å². The van der Waals surface area contributed by atoms with Gasteiger partial charge in [0, 0.05) is 25.4 Å². The first kappa shape index (κ1) is 13.7. The summed E-state index contributed by atoms with van der Waals surface area (Å²) in [6.07, 6.45) is -4.39. The minimum absolute atomic E-state index is 0.000331. The van der Waals surface area contributed by atoms with E-state index in [1.54, 1.807) is 18.0 Å². The summed E-state index contributed by atoms with van der Waals surface area (Å²) in [5.74, 6) is -0.354. The maximum Gasteiger partial charge on any atom is 0.573 e. The number of benzene rings is 1. The quantitative estimate of drug-likeness (QED) is 0.829. The lowest BCUT2D eigenvalue weighted by Crippen LogP contribution is -2.28. The lowest BCUT2D eigenvalue weighted by atomic mass is 9.92. The summed E-state index contributed by atoms with van der Waals surface area (Å²) >= 11 is 0. The van der Waals surface area contributed by atoms with Crippen molar-refractivity contribution in [1.29, 1.82) is 0 Å². The number of rotatable bonds is 2. The number of ether oxygens (including phenoxy) is 1. The zero-order chi connectivity index (χ0) is 14.2. The number of halogens is 3. The van der Waals surface area contributed by atoms with Gasteiger partial charge in [0.2, 0.25) is 5.91 Å². The first-order valence-corrected chi connectivity index (χ1v) is 5.89. The number of alkyl halides is 3. The molecular weight excluding hydrogens is 259 g/mol. The number of likely N-dealkylation sites (tertiary alicyclic amines) is 1. The molecule has 2 rings (SSSR count). The molecule has 0 aliphatic carbocycles. The fraction of sp³-hybridized carbons (Fsp3) is 0.462. The Labute approximate surface area is 109 Å². The third-order valence-corrected chi connectivity index (χ3v) is 3.50. The maximum absolute atomic E-state index is 12.2. The van der Waals surface area contributed by atoms with Crippen LogP contribution >= 0.6 is 0 Å². The Kier molecular flexibility index (Phi) is 3.43. The normalized spacial score (nSPS) is 23.8. The third-order valence-electron chi connectivity index (χ3n) is 3.50. The van der Waals surface area contributed by atoms with Crippen LogP contribution in [0.2, 0.25) is 0 Å². The summed E-state index contributed by atoms with van der Waals surface area (Å²) in [7, 11) is 1.70. The molecule has 2 atom stereocenters. The predicted octanol–water partition coefficient (Wildman–Crippen LogP) is 2.92. The molecule has 6 heteroatoms. The van der Waals surface area contributed by atoms with Gasteiger partial charge < -0.3 is 9.64 Å². The van der Waals surface area contributed by atoms with Crippen LogP contribution in [0.4, 0.5) is 13.2 Å². The Morgan fingerprint density at radius 3 is 2.58 bits per heavy atom. The molecule has 0 bridgehead atoms. The molecule has 19 heavy (non-hydrogen) atoms. The van der Waals surface area contributed by atoms with Crippen LogP contribution in [-0.2, 0) is 4.79 Å². The van der Waals surface area contributed by atoms with Crippen LogP contribution < -0.4 is 4.74 Å². The van der Waals surface area contributed by atoms with Crippen LogP contribution in [0.15, 0.2) is 24.3 Å². The molecule has 3 nitrogen and oxygen atoms in total. The number of amides is 1. The van der Waals surface area contributed by atoms with E-state index in [0.717, 1.165) is 0 Å². The number of hydrogen-bond donors (Lipinski definition) is 0. The van der Waals surface area contributed by atoms with Gasteiger partial charge in [0.25, 0.3) is 0 Å². The van der Waals surface area contributed by atoms with Crippen LogP contribution in [0.25, 0.3) is 0 Å². The molecule has 1 aliphatic heterocycles. The van der Waals surface area contributed by atoms with Gasteiger partial charge in [-0.05, 0) is 24.6 Å². The van der Waals surface area contributed by atoms with Gasteiger partial charge >= 0.3 is 6.36 Å². The lowest BCUT2D eigenvalue weighted by molar-refractivity contribution is -0.274. The average molecular weight is 273 g/mol. The number of likely N-dealkylation sites (N-methyl/N-ethyl adjacent to an activating group) is 1. The summed E-state index contributed by atoms with van der Waals surface area (Å²) < 4.78 is 40.4. The molecule has 1 heterocycles. The van der Waals surface area contributed by atoms with E-state index in [0.29, 0.717) is 12.0 Å². The smallest absolute Gasteiger partial charge is 0.406 e. The third kappa shape index (κ3) is 3.00. The van der Waals surface area contributed by atoms with Crippen molar-refractivity contribution in [3.05, 3.63) is 29.8 Å². The zero-order valence-electron chi connectivity index (χ0n) is 10.6. The molecule has 1 aromatic rings. The highest BCUT2D eigenvalue weighted by Gasteiger charge is 2.36. The number of nitrogens with zero attached hydrogens (tertiary/aromatic N) is 1. The Hall–Kier alpha value is -1.72. The van der Waals surface area contributed by atoms with E-state index >= 15 is 0 Å². The van der Waals surface area contributed by atoms with E-state index in [2.05, 4.69) is 4.74 Å². The highest BCUT2D eigenvalue weighted by Crippen LogP contribution is 2.35. The second kappa shape index (κ2) is 4.75. The molecule has 1 amide bonds. The molecule has 0 spiro atoms. The van der Waals surface area contributed by atoms with Crippen LogP contribution in [0, 0.1) is 0 Å². The van der Waals surface area contributed by atoms with Crippen molar-refractivity contribution in [1.82, 2.24) is 4.90 Å². The largest absolute Gasteiger partial charge is 0.573 e. The number of carbonyl (C=O) groups is 1. The zero-order valence-corrected chi connectivity index (χ0v) is 10.6. The van der Waals surface area contributed by atoms with Crippen molar-refractivity contribution in [2.75, 3.05) is 7.05 Å². The van der Waals surface area contributed by atoms with Crippen molar-refractivity contribution < 1.29 is 22.7 Å². The monoisotopic (exact) mass is 273 g/mol. The summed E-state index contributed by atoms with van der Waals surface area (Å²) in [5, 5.41) is 0. The molecule has 1 aromatic carbocycles. The van der Waals surface area contributed by atoms with Crippen molar-refractivity contribution in [3.8, 4) is 5.75 Å². The molecule has 0 aromatic heterocycles. The van der Waals surface area contributed by atoms with E-state index in [1.165, 1.54) is 18.2 Å². The van der Waals surface area contributed by atoms with Gasteiger partial charge in [-0.1, -0.05) is 12.1 Å². The predicted molar refractivity (Wildman–Crippen MR) is 62.7 cm³/mol. The summed E-state index contributed by atoms with van der Waals surface area (Å²) in [6, 6.07) is 5.79. The number of hydrogen-bond acceptors (Lipinski definition) is 2. The highest BCUT2D eigenvalue weighted by atomic mass is 19.4. The van der Waals surface area contributed by atoms with E-state index in [1.807, 2.05) is 6.92 Å². The molecule has 0 N–H and O–H groups in total. The Balaban J connectivity index is 2.22. The minimum Gasteiger partial charge on any atom is -0.406 e. The van der Waals surface area contributed by atoms with E-state index in [9.17, 15) is 18.0 Å². The molecular formula is C13H14F3NO2. The second-order valence-electron chi connectivity index (χ2n) is 4.68. The average Bonchev–Trinajstić information content (AvgIpc) is 2.55. The molecule has 1 aliphatic rings. The van der Waals surface area contributed by atoms with Gasteiger partial charge in [-0.25, -0.2) is 0 Å². The lowest BCUT2D eigenvalue weighted by Gasteiger charge is -2.21. The second-order valence-corrected chi connectivity index (χ2v) is 4.68. The Morgan fingerprint density at radius 1 is 1.37 bits per heavy atom. The minimum atomic E-state index is -4.70. The summed E-state index contributed by atoms with van der Waals surface area (Å²) in [4.78, 5) is 13.2. The van der Waals surface area contributed by atoms with Crippen molar-refractivity contribution in [2.45, 2.75) is 31.7 Å². The van der Waals surface area contributed by atoms with Gasteiger partial charge in [-0.3, -0.25) is 4.79 Å². The van der Waals surface area contributed by atoms with Crippen molar-refractivity contribution in [3.63, 3.8) is 0 Å².